The Bertz CT molecular complexity index is 583. The van der Waals surface area contributed by atoms with Crippen LogP contribution in [0, 0.1) is 13.8 Å². The Morgan fingerprint density at radius 3 is 2.45 bits per heavy atom. The van der Waals surface area contributed by atoms with E-state index >= 15 is 0 Å². The predicted molar refractivity (Wildman–Crippen MR) is 86.2 cm³/mol. The van der Waals surface area contributed by atoms with E-state index < -0.39 is 0 Å². The summed E-state index contributed by atoms with van der Waals surface area (Å²) in [4.78, 5) is 0. The Labute approximate surface area is 131 Å². The molecule has 0 aliphatic rings. The molecule has 0 spiro atoms. The molecule has 0 bridgehead atoms. The maximum atomic E-state index is 5.70. The highest BCUT2D eigenvalue weighted by atomic mass is 16.5. The Hall–Kier alpha value is -2.17. The first kappa shape index (κ1) is 16.2. The quantitative estimate of drug-likeness (QED) is 0.466. The van der Waals surface area contributed by atoms with Crippen molar-refractivity contribution in [1.29, 1.82) is 0 Å². The van der Waals surface area contributed by atoms with Crippen LogP contribution in [0.15, 0.2) is 39.0 Å². The number of hydrogen-bond acceptors (Lipinski definition) is 5. The van der Waals surface area contributed by atoms with Crippen LogP contribution >= 0.6 is 0 Å². The second-order valence-electron chi connectivity index (χ2n) is 5.28. The van der Waals surface area contributed by atoms with Gasteiger partial charge in [-0.3, -0.25) is 0 Å². The molecule has 1 heterocycles. The third kappa shape index (κ3) is 4.69. The molecule has 2 rings (SSSR count). The highest BCUT2D eigenvalue weighted by Gasteiger charge is 2.07. The second-order valence-corrected chi connectivity index (χ2v) is 5.28. The minimum atomic E-state index is 0.674. The molecule has 0 saturated heterocycles. The molecule has 0 aliphatic heterocycles. The molecule has 0 saturated carbocycles. The van der Waals surface area contributed by atoms with E-state index in [-0.39, 0.29) is 0 Å². The number of nitrogens with zero attached hydrogens (tertiary/aromatic N) is 3. The largest absolute Gasteiger partial charge is 0.494 e. The number of aromatic nitrogens is 1. The number of azo groups is 1. The second kappa shape index (κ2) is 8.32. The summed E-state index contributed by atoms with van der Waals surface area (Å²) >= 11 is 0. The summed E-state index contributed by atoms with van der Waals surface area (Å²) in [7, 11) is 0. The number of rotatable bonds is 8. The summed E-state index contributed by atoms with van der Waals surface area (Å²) in [5.41, 5.74) is 2.21. The minimum absolute atomic E-state index is 0.674. The number of aryl methyl sites for hydroxylation is 2. The van der Waals surface area contributed by atoms with Gasteiger partial charge in [0, 0.05) is 0 Å². The van der Waals surface area contributed by atoms with Crippen LogP contribution in [-0.4, -0.2) is 11.8 Å². The van der Waals surface area contributed by atoms with Gasteiger partial charge in [-0.25, -0.2) is 0 Å². The third-order valence-electron chi connectivity index (χ3n) is 3.36. The number of ether oxygens (including phenoxy) is 1. The molecule has 1 aromatic carbocycles. The molecule has 0 fully saturated rings. The molecule has 0 radical (unpaired) electrons. The molecule has 5 heteroatoms. The van der Waals surface area contributed by atoms with Gasteiger partial charge in [-0.2, -0.15) is 5.11 Å². The van der Waals surface area contributed by atoms with Gasteiger partial charge in [0.05, 0.1) is 12.3 Å². The normalized spacial score (nSPS) is 11.2. The van der Waals surface area contributed by atoms with E-state index in [1.807, 2.05) is 38.1 Å². The van der Waals surface area contributed by atoms with Gasteiger partial charge in [0.15, 0.2) is 11.4 Å². The highest BCUT2D eigenvalue weighted by Crippen LogP contribution is 2.26. The fourth-order valence-corrected chi connectivity index (χ4v) is 2.06. The molecule has 5 nitrogen and oxygen atoms in total. The van der Waals surface area contributed by atoms with Crippen LogP contribution in [0.5, 0.6) is 5.75 Å². The van der Waals surface area contributed by atoms with Crippen LogP contribution in [0.1, 0.15) is 44.1 Å². The zero-order chi connectivity index (χ0) is 15.8. The molecule has 2 aromatic rings. The zero-order valence-corrected chi connectivity index (χ0v) is 13.5. The Morgan fingerprint density at radius 2 is 1.82 bits per heavy atom. The maximum Gasteiger partial charge on any atom is 0.161 e. The van der Waals surface area contributed by atoms with Crippen LogP contribution in [0.25, 0.3) is 0 Å². The average Bonchev–Trinajstić information content (AvgIpc) is 2.85. The van der Waals surface area contributed by atoms with Crippen molar-refractivity contribution in [3.05, 3.63) is 35.7 Å². The molecule has 0 amide bonds. The first-order chi connectivity index (χ1) is 10.7. The summed E-state index contributed by atoms with van der Waals surface area (Å²) in [6.07, 6.45) is 4.83. The van der Waals surface area contributed by atoms with Crippen LogP contribution < -0.4 is 4.74 Å². The number of unbranched alkanes of at least 4 members (excludes halogenated alkanes) is 3. The Kier molecular flexibility index (Phi) is 6.13. The van der Waals surface area contributed by atoms with Gasteiger partial charge in [-0.05, 0) is 44.5 Å². The molecule has 118 valence electrons. The van der Waals surface area contributed by atoms with Crippen LogP contribution in [-0.2, 0) is 0 Å². The lowest BCUT2D eigenvalue weighted by molar-refractivity contribution is 0.305. The van der Waals surface area contributed by atoms with Crippen molar-refractivity contribution < 1.29 is 9.26 Å². The van der Waals surface area contributed by atoms with E-state index in [0.29, 0.717) is 11.4 Å². The number of hydrogen-bond donors (Lipinski definition) is 0. The molecular weight excluding hydrogens is 278 g/mol. The molecule has 0 atom stereocenters. The Balaban J connectivity index is 1.86. The lowest BCUT2D eigenvalue weighted by Gasteiger charge is -2.05. The van der Waals surface area contributed by atoms with E-state index in [4.69, 9.17) is 9.26 Å². The summed E-state index contributed by atoms with van der Waals surface area (Å²) < 4.78 is 10.8. The van der Waals surface area contributed by atoms with Gasteiger partial charge in [0.25, 0.3) is 0 Å². The lowest BCUT2D eigenvalue weighted by atomic mass is 10.2. The SMILES string of the molecule is CCCCCCOc1ccc(N=Nc2c(C)noc2C)cc1. The van der Waals surface area contributed by atoms with E-state index in [1.54, 1.807) is 0 Å². The van der Waals surface area contributed by atoms with E-state index in [1.165, 1.54) is 19.3 Å². The monoisotopic (exact) mass is 301 g/mol. The van der Waals surface area contributed by atoms with Gasteiger partial charge >= 0.3 is 0 Å². The van der Waals surface area contributed by atoms with Gasteiger partial charge in [0.2, 0.25) is 0 Å². The van der Waals surface area contributed by atoms with Gasteiger partial charge < -0.3 is 9.26 Å². The molecule has 22 heavy (non-hydrogen) atoms. The van der Waals surface area contributed by atoms with Crippen LogP contribution in [0.2, 0.25) is 0 Å². The third-order valence-corrected chi connectivity index (χ3v) is 3.36. The molecule has 1 aromatic heterocycles. The topological polar surface area (TPSA) is 60.0 Å². The van der Waals surface area contributed by atoms with Crippen molar-refractivity contribution in [2.75, 3.05) is 6.61 Å². The zero-order valence-electron chi connectivity index (χ0n) is 13.5. The maximum absolute atomic E-state index is 5.70. The number of benzene rings is 1. The predicted octanol–water partition coefficient (Wildman–Crippen LogP) is 5.67. The summed E-state index contributed by atoms with van der Waals surface area (Å²) in [6, 6.07) is 7.62. The molecular formula is C17H23N3O2. The summed E-state index contributed by atoms with van der Waals surface area (Å²) in [6.45, 7) is 6.64. The Morgan fingerprint density at radius 1 is 1.05 bits per heavy atom. The van der Waals surface area contributed by atoms with E-state index in [0.717, 1.165) is 30.2 Å². The summed E-state index contributed by atoms with van der Waals surface area (Å²) in [5.74, 6) is 1.54. The van der Waals surface area contributed by atoms with Crippen molar-refractivity contribution >= 4 is 11.4 Å². The van der Waals surface area contributed by atoms with Crippen molar-refractivity contribution in [3.63, 3.8) is 0 Å². The van der Waals surface area contributed by atoms with Crippen LogP contribution in [0.3, 0.4) is 0 Å². The lowest BCUT2D eigenvalue weighted by Crippen LogP contribution is -1.96. The average molecular weight is 301 g/mol. The fourth-order valence-electron chi connectivity index (χ4n) is 2.06. The molecule has 0 aliphatic carbocycles. The van der Waals surface area contributed by atoms with Gasteiger partial charge in [-0.15, -0.1) is 5.11 Å². The first-order valence-corrected chi connectivity index (χ1v) is 7.78. The van der Waals surface area contributed by atoms with E-state index in [9.17, 15) is 0 Å². The minimum Gasteiger partial charge on any atom is -0.494 e. The van der Waals surface area contributed by atoms with Crippen molar-refractivity contribution in [2.24, 2.45) is 10.2 Å². The van der Waals surface area contributed by atoms with Gasteiger partial charge in [-0.1, -0.05) is 31.3 Å². The fraction of sp³-hybridized carbons (Fsp3) is 0.471. The van der Waals surface area contributed by atoms with Crippen molar-refractivity contribution in [2.45, 2.75) is 46.5 Å². The first-order valence-electron chi connectivity index (χ1n) is 7.78. The molecule has 0 unspecified atom stereocenters. The highest BCUT2D eigenvalue weighted by molar-refractivity contribution is 5.45. The standard InChI is InChI=1S/C17H23N3O2/c1-4-5-6-7-12-21-16-10-8-15(9-11-16)18-19-17-13(2)20-22-14(17)3/h8-11H,4-7,12H2,1-3H3. The van der Waals surface area contributed by atoms with Gasteiger partial charge in [0.1, 0.15) is 11.4 Å². The van der Waals surface area contributed by atoms with Crippen molar-refractivity contribution in [3.8, 4) is 5.75 Å². The van der Waals surface area contributed by atoms with E-state index in [2.05, 4.69) is 22.3 Å². The van der Waals surface area contributed by atoms with Crippen LogP contribution in [0.4, 0.5) is 11.4 Å². The smallest absolute Gasteiger partial charge is 0.161 e. The van der Waals surface area contributed by atoms with Crippen molar-refractivity contribution in [1.82, 2.24) is 5.16 Å². The summed E-state index contributed by atoms with van der Waals surface area (Å²) in [5, 5.41) is 12.2. The molecule has 0 N–H and O–H groups in total.